The van der Waals surface area contributed by atoms with Crippen LogP contribution in [0.5, 0.6) is 0 Å². The summed E-state index contributed by atoms with van der Waals surface area (Å²) in [4.78, 5) is 6.90. The van der Waals surface area contributed by atoms with Crippen LogP contribution in [0.15, 0.2) is 54.7 Å². The molecule has 4 rings (SSSR count). The van der Waals surface area contributed by atoms with Crippen molar-refractivity contribution in [2.24, 2.45) is 0 Å². The van der Waals surface area contributed by atoms with Crippen molar-refractivity contribution in [3.8, 4) is 5.69 Å². The van der Waals surface area contributed by atoms with Gasteiger partial charge in [0.1, 0.15) is 0 Å². The third-order valence-electron chi connectivity index (χ3n) is 6.05. The van der Waals surface area contributed by atoms with Crippen LogP contribution in [0, 0.1) is 20.8 Å². The van der Waals surface area contributed by atoms with E-state index in [0.717, 1.165) is 17.4 Å². The number of methoxy groups -OCH3 is 1. The molecule has 1 saturated heterocycles. The van der Waals surface area contributed by atoms with E-state index in [1.165, 1.54) is 28.2 Å². The molecule has 1 aromatic carbocycles. The SMILES string of the molecule is COCCN1C(=S)N[C@H](c2ccccn2)[C@@H]1c1c(C)c(C)n(-c2ccccc2)c1C. The van der Waals surface area contributed by atoms with Crippen LogP contribution < -0.4 is 5.32 Å². The van der Waals surface area contributed by atoms with Gasteiger partial charge >= 0.3 is 0 Å². The maximum atomic E-state index is 5.75. The first-order valence-corrected chi connectivity index (χ1v) is 10.7. The van der Waals surface area contributed by atoms with Crippen molar-refractivity contribution in [2.45, 2.75) is 32.9 Å². The summed E-state index contributed by atoms with van der Waals surface area (Å²) in [7, 11) is 1.73. The predicted octanol–water partition coefficient (Wildman–Crippen LogP) is 4.42. The lowest BCUT2D eigenvalue weighted by Crippen LogP contribution is -2.33. The smallest absolute Gasteiger partial charge is 0.170 e. The van der Waals surface area contributed by atoms with E-state index in [4.69, 9.17) is 17.0 Å². The first kappa shape index (κ1) is 20.6. The van der Waals surface area contributed by atoms with Crippen molar-refractivity contribution in [3.05, 3.63) is 82.9 Å². The van der Waals surface area contributed by atoms with Gasteiger partial charge in [0.2, 0.25) is 0 Å². The third-order valence-corrected chi connectivity index (χ3v) is 6.40. The standard InChI is InChI=1S/C24H28N4OS/c1-16-17(2)28(19-10-6-5-7-11-19)18(3)21(16)23-22(20-12-8-9-13-25-20)26-24(30)27(23)14-15-29-4/h5-13,22-23H,14-15H2,1-4H3,(H,26,30)/t22-,23+/m1/s1. The van der Waals surface area contributed by atoms with E-state index >= 15 is 0 Å². The molecule has 3 heterocycles. The number of benzene rings is 1. The molecule has 0 amide bonds. The molecule has 5 nitrogen and oxygen atoms in total. The molecule has 2 atom stereocenters. The minimum atomic E-state index is -0.0148. The molecule has 30 heavy (non-hydrogen) atoms. The third kappa shape index (κ3) is 3.50. The normalized spacial score (nSPS) is 18.7. The Morgan fingerprint density at radius 3 is 2.43 bits per heavy atom. The summed E-state index contributed by atoms with van der Waals surface area (Å²) in [6.07, 6.45) is 1.84. The first-order valence-electron chi connectivity index (χ1n) is 10.3. The van der Waals surface area contributed by atoms with Crippen LogP contribution in [0.1, 0.15) is 40.3 Å². The van der Waals surface area contributed by atoms with E-state index in [1.807, 2.05) is 24.4 Å². The summed E-state index contributed by atoms with van der Waals surface area (Å²) in [5.74, 6) is 0. The fourth-order valence-electron chi connectivity index (χ4n) is 4.56. The van der Waals surface area contributed by atoms with E-state index in [2.05, 4.69) is 70.9 Å². The van der Waals surface area contributed by atoms with Crippen molar-refractivity contribution in [1.82, 2.24) is 19.8 Å². The number of hydrogen-bond donors (Lipinski definition) is 1. The van der Waals surface area contributed by atoms with Gasteiger partial charge in [-0.2, -0.15) is 0 Å². The quantitative estimate of drug-likeness (QED) is 0.598. The Bertz CT molecular complexity index is 1030. The highest BCUT2D eigenvalue weighted by Crippen LogP contribution is 2.43. The van der Waals surface area contributed by atoms with Gasteiger partial charge in [-0.15, -0.1) is 0 Å². The highest BCUT2D eigenvalue weighted by molar-refractivity contribution is 7.80. The van der Waals surface area contributed by atoms with E-state index in [-0.39, 0.29) is 12.1 Å². The highest BCUT2D eigenvalue weighted by atomic mass is 32.1. The average Bonchev–Trinajstić information content (AvgIpc) is 3.20. The second-order valence-electron chi connectivity index (χ2n) is 7.69. The molecular weight excluding hydrogens is 392 g/mol. The number of rotatable bonds is 6. The van der Waals surface area contributed by atoms with Crippen LogP contribution in [0.2, 0.25) is 0 Å². The molecule has 1 fully saturated rings. The van der Waals surface area contributed by atoms with E-state index in [1.54, 1.807) is 7.11 Å². The molecule has 6 heteroatoms. The molecule has 1 aliphatic heterocycles. The summed E-state index contributed by atoms with van der Waals surface area (Å²) in [5.41, 5.74) is 7.24. The van der Waals surface area contributed by atoms with E-state index in [9.17, 15) is 0 Å². The van der Waals surface area contributed by atoms with Crippen molar-refractivity contribution < 1.29 is 4.74 Å². The first-order chi connectivity index (χ1) is 14.5. The predicted molar refractivity (Wildman–Crippen MR) is 124 cm³/mol. The number of nitrogens with one attached hydrogen (secondary N) is 1. The fraction of sp³-hybridized carbons (Fsp3) is 0.333. The second kappa shape index (κ2) is 8.58. The Morgan fingerprint density at radius 2 is 1.77 bits per heavy atom. The minimum absolute atomic E-state index is 0.0148. The molecule has 0 saturated carbocycles. The topological polar surface area (TPSA) is 42.3 Å². The molecule has 0 aliphatic carbocycles. The molecule has 0 bridgehead atoms. The lowest BCUT2D eigenvalue weighted by molar-refractivity contribution is 0.164. The van der Waals surface area contributed by atoms with Gasteiger partial charge < -0.3 is 19.5 Å². The van der Waals surface area contributed by atoms with Crippen LogP contribution in [-0.4, -0.2) is 39.8 Å². The lowest BCUT2D eigenvalue weighted by atomic mass is 9.93. The summed E-state index contributed by atoms with van der Waals surface area (Å²) < 4.78 is 7.73. The maximum absolute atomic E-state index is 5.75. The van der Waals surface area contributed by atoms with Gasteiger partial charge in [-0.3, -0.25) is 4.98 Å². The molecule has 0 unspecified atom stereocenters. The van der Waals surface area contributed by atoms with Gasteiger partial charge in [0.05, 0.1) is 24.4 Å². The van der Waals surface area contributed by atoms with Crippen molar-refractivity contribution >= 4 is 17.3 Å². The zero-order valence-corrected chi connectivity index (χ0v) is 18.7. The van der Waals surface area contributed by atoms with Crippen molar-refractivity contribution in [1.29, 1.82) is 0 Å². The summed E-state index contributed by atoms with van der Waals surface area (Å²) >= 11 is 5.75. The molecule has 0 spiro atoms. The minimum Gasteiger partial charge on any atom is -0.383 e. The number of para-hydroxylation sites is 1. The Labute approximate surface area is 183 Å². The number of nitrogens with zero attached hydrogens (tertiary/aromatic N) is 3. The average molecular weight is 421 g/mol. The molecule has 3 aromatic rings. The Balaban J connectivity index is 1.87. The number of hydrogen-bond acceptors (Lipinski definition) is 3. The van der Waals surface area contributed by atoms with Gasteiger partial charge in [0.15, 0.2) is 5.11 Å². The van der Waals surface area contributed by atoms with Gasteiger partial charge in [0.25, 0.3) is 0 Å². The van der Waals surface area contributed by atoms with E-state index < -0.39 is 0 Å². The summed E-state index contributed by atoms with van der Waals surface area (Å²) in [6.45, 7) is 7.94. The van der Waals surface area contributed by atoms with Crippen LogP contribution in [0.4, 0.5) is 0 Å². The number of thiocarbonyl (C=S) groups is 1. The lowest BCUT2D eigenvalue weighted by Gasteiger charge is -2.28. The van der Waals surface area contributed by atoms with Gasteiger partial charge in [0, 0.05) is 42.5 Å². The monoisotopic (exact) mass is 420 g/mol. The van der Waals surface area contributed by atoms with Crippen molar-refractivity contribution in [2.75, 3.05) is 20.3 Å². The second-order valence-corrected chi connectivity index (χ2v) is 8.08. The number of ether oxygens (including phenoxy) is 1. The van der Waals surface area contributed by atoms with Gasteiger partial charge in [-0.1, -0.05) is 24.3 Å². The molecule has 156 valence electrons. The van der Waals surface area contributed by atoms with Crippen LogP contribution in [0.3, 0.4) is 0 Å². The Morgan fingerprint density at radius 1 is 1.03 bits per heavy atom. The highest BCUT2D eigenvalue weighted by Gasteiger charge is 2.42. The summed E-state index contributed by atoms with van der Waals surface area (Å²) in [5, 5.41) is 4.28. The largest absolute Gasteiger partial charge is 0.383 e. The molecular formula is C24H28N4OS. The zero-order valence-electron chi connectivity index (χ0n) is 17.9. The number of pyridine rings is 1. The van der Waals surface area contributed by atoms with Gasteiger partial charge in [-0.05, 0) is 62.8 Å². The Kier molecular flexibility index (Phi) is 5.88. The zero-order chi connectivity index (χ0) is 21.3. The molecule has 0 radical (unpaired) electrons. The maximum Gasteiger partial charge on any atom is 0.170 e. The van der Waals surface area contributed by atoms with Gasteiger partial charge in [-0.25, -0.2) is 0 Å². The molecule has 2 aromatic heterocycles. The Hall–Kier alpha value is -2.70. The van der Waals surface area contributed by atoms with Crippen LogP contribution in [-0.2, 0) is 4.74 Å². The van der Waals surface area contributed by atoms with Crippen LogP contribution in [0.25, 0.3) is 5.69 Å². The van der Waals surface area contributed by atoms with Crippen molar-refractivity contribution in [3.63, 3.8) is 0 Å². The molecule has 1 N–H and O–H groups in total. The summed E-state index contributed by atoms with van der Waals surface area (Å²) in [6, 6.07) is 16.6. The fourth-order valence-corrected chi connectivity index (χ4v) is 4.89. The molecule has 1 aliphatic rings. The van der Waals surface area contributed by atoms with E-state index in [0.29, 0.717) is 6.61 Å². The number of aromatic nitrogens is 2. The van der Waals surface area contributed by atoms with Crippen LogP contribution >= 0.6 is 12.2 Å².